The Morgan fingerprint density at radius 1 is 1.36 bits per heavy atom. The fraction of sp³-hybridized carbons (Fsp3) is 0.111. The van der Waals surface area contributed by atoms with Gasteiger partial charge in [0.1, 0.15) is 0 Å². The van der Waals surface area contributed by atoms with Gasteiger partial charge < -0.3 is 5.11 Å². The van der Waals surface area contributed by atoms with Crippen molar-refractivity contribution >= 4 is 31.2 Å². The summed E-state index contributed by atoms with van der Waals surface area (Å²) in [4.78, 5) is 10.2. The van der Waals surface area contributed by atoms with E-state index >= 15 is 0 Å². The molecule has 1 aromatic rings. The monoisotopic (exact) mass is 312 g/mol. The average molecular weight is 312 g/mol. The number of hydrogen-bond donors (Lipinski definition) is 1. The van der Waals surface area contributed by atoms with Gasteiger partial charge in [-0.25, -0.2) is 4.79 Å². The van der Waals surface area contributed by atoms with Gasteiger partial charge in [-0.3, -0.25) is 0 Å². The first-order chi connectivity index (χ1) is 6.48. The number of carboxylic acids is 1. The molecule has 0 aliphatic rings. The molecule has 14 heavy (non-hydrogen) atoms. The normalized spacial score (nSPS) is 11.3. The highest BCUT2D eigenvalue weighted by atomic mass is 127. The first-order valence-corrected chi connectivity index (χ1v) is 6.19. The minimum Gasteiger partial charge on any atom is -0.477 e. The highest BCUT2D eigenvalue weighted by Gasteiger charge is 2.40. The van der Waals surface area contributed by atoms with Crippen molar-refractivity contribution in [3.8, 4) is 0 Å². The Bertz CT molecular complexity index is 360. The SMILES string of the molecule is C=Ic1ccc(C(F)(F)C(=O)O)cc1. The molecule has 0 radical (unpaired) electrons. The number of rotatable bonds is 3. The van der Waals surface area contributed by atoms with E-state index in [0.29, 0.717) is 0 Å². The van der Waals surface area contributed by atoms with Crippen LogP contribution in [0.2, 0.25) is 0 Å². The van der Waals surface area contributed by atoms with Crippen LogP contribution in [0.5, 0.6) is 0 Å². The lowest BCUT2D eigenvalue weighted by Gasteiger charge is -2.10. The van der Waals surface area contributed by atoms with E-state index in [-0.39, 0.29) is 0 Å². The number of aliphatic carboxylic acids is 1. The second-order valence-electron chi connectivity index (χ2n) is 2.52. The van der Waals surface area contributed by atoms with Gasteiger partial charge in [-0.05, 0) is 12.1 Å². The number of carbonyl (C=O) groups is 1. The zero-order chi connectivity index (χ0) is 10.8. The van der Waals surface area contributed by atoms with Crippen LogP contribution >= 0.6 is 20.7 Å². The lowest BCUT2D eigenvalue weighted by molar-refractivity contribution is -0.166. The number of benzene rings is 1. The zero-order valence-electron chi connectivity index (χ0n) is 7.01. The van der Waals surface area contributed by atoms with Gasteiger partial charge in [-0.1, -0.05) is 37.4 Å². The molecule has 0 spiro atoms. The summed E-state index contributed by atoms with van der Waals surface area (Å²) >= 11 is -0.398. The molecule has 76 valence electrons. The smallest absolute Gasteiger partial charge is 0.379 e. The highest BCUT2D eigenvalue weighted by molar-refractivity contribution is 14.2. The van der Waals surface area contributed by atoms with Crippen LogP contribution in [0, 0.1) is 3.57 Å². The number of alkyl halides is 2. The molecular weight excluding hydrogens is 305 g/mol. The molecule has 2 nitrogen and oxygen atoms in total. The van der Waals surface area contributed by atoms with Crippen molar-refractivity contribution in [2.24, 2.45) is 0 Å². The molecule has 1 rings (SSSR count). The van der Waals surface area contributed by atoms with Gasteiger partial charge in [0.2, 0.25) is 0 Å². The molecule has 0 amide bonds. The van der Waals surface area contributed by atoms with E-state index in [1.807, 2.05) is 0 Å². The summed E-state index contributed by atoms with van der Waals surface area (Å²) in [6, 6.07) is 5.25. The first-order valence-electron chi connectivity index (χ1n) is 3.58. The predicted octanol–water partition coefficient (Wildman–Crippen LogP) is 2.44. The molecule has 0 fully saturated rings. The summed E-state index contributed by atoms with van der Waals surface area (Å²) < 4.78 is 30.4. The third-order valence-corrected chi connectivity index (χ3v) is 3.23. The van der Waals surface area contributed by atoms with Crippen LogP contribution < -0.4 is 0 Å². The Hall–Kier alpha value is -0.850. The molecule has 0 heterocycles. The summed E-state index contributed by atoms with van der Waals surface area (Å²) in [6.45, 7) is 0. The van der Waals surface area contributed by atoms with Gasteiger partial charge in [0, 0.05) is 9.13 Å². The second-order valence-corrected chi connectivity index (χ2v) is 4.53. The molecule has 1 aromatic carbocycles. The van der Waals surface area contributed by atoms with Gasteiger partial charge in [-0.15, -0.1) is 0 Å². The minimum absolute atomic E-state index is 0.398. The molecule has 0 aromatic heterocycles. The third kappa shape index (κ3) is 2.14. The largest absolute Gasteiger partial charge is 0.477 e. The summed E-state index contributed by atoms with van der Waals surface area (Å²) in [5, 5.41) is 8.27. The molecule has 0 saturated carbocycles. The molecule has 0 bridgehead atoms. The van der Waals surface area contributed by atoms with Crippen LogP contribution in [0.25, 0.3) is 0 Å². The number of halogens is 3. The van der Waals surface area contributed by atoms with Crippen molar-refractivity contribution in [3.63, 3.8) is 0 Å². The highest BCUT2D eigenvalue weighted by Crippen LogP contribution is 2.28. The number of hydrogen-bond acceptors (Lipinski definition) is 1. The quantitative estimate of drug-likeness (QED) is 0.871. The third-order valence-electron chi connectivity index (χ3n) is 1.63. The molecule has 0 aliphatic carbocycles. The molecular formula is C9H7F2IO2. The van der Waals surface area contributed by atoms with Gasteiger partial charge >= 0.3 is 11.9 Å². The van der Waals surface area contributed by atoms with E-state index in [1.165, 1.54) is 12.1 Å². The Balaban J connectivity index is 3.08. The topological polar surface area (TPSA) is 37.3 Å². The Morgan fingerprint density at radius 3 is 2.21 bits per heavy atom. The van der Waals surface area contributed by atoms with Gasteiger partial charge in [0.25, 0.3) is 0 Å². The van der Waals surface area contributed by atoms with Crippen molar-refractivity contribution in [1.82, 2.24) is 0 Å². The Labute approximate surface area is 89.3 Å². The Morgan fingerprint density at radius 2 is 1.86 bits per heavy atom. The van der Waals surface area contributed by atoms with Crippen molar-refractivity contribution in [2.75, 3.05) is 0 Å². The summed E-state index contributed by atoms with van der Waals surface area (Å²) in [5.74, 6) is -5.94. The first kappa shape index (κ1) is 11.2. The Kier molecular flexibility index (Phi) is 3.30. The standard InChI is InChI=1S/C9H7F2IO2/c1-12-7-4-2-6(3-5-7)9(10,11)8(13)14/h2-5H,1H2,(H,13,14). The maximum atomic E-state index is 12.9. The predicted molar refractivity (Wildman–Crippen MR) is 57.8 cm³/mol. The minimum atomic E-state index is -3.81. The molecule has 1 N–H and O–H groups in total. The van der Waals surface area contributed by atoms with Crippen molar-refractivity contribution < 1.29 is 18.7 Å². The molecule has 5 heteroatoms. The van der Waals surface area contributed by atoms with E-state index in [4.69, 9.17) is 5.11 Å². The molecule has 0 unspecified atom stereocenters. The van der Waals surface area contributed by atoms with Crippen LogP contribution in [0.15, 0.2) is 24.3 Å². The molecule has 0 aliphatic heterocycles. The van der Waals surface area contributed by atoms with Crippen LogP contribution in [0.3, 0.4) is 0 Å². The lowest BCUT2D eigenvalue weighted by atomic mass is 10.1. The second kappa shape index (κ2) is 4.12. The fourth-order valence-corrected chi connectivity index (χ4v) is 1.74. The summed E-state index contributed by atoms with van der Waals surface area (Å²) in [6.07, 6.45) is 0. The van der Waals surface area contributed by atoms with Gasteiger partial charge in [-0.2, -0.15) is 8.78 Å². The van der Waals surface area contributed by atoms with E-state index in [0.717, 1.165) is 15.7 Å². The maximum absolute atomic E-state index is 12.9. The zero-order valence-corrected chi connectivity index (χ0v) is 9.16. The molecule has 0 atom stereocenters. The van der Waals surface area contributed by atoms with Crippen LogP contribution in [0.1, 0.15) is 5.56 Å². The van der Waals surface area contributed by atoms with E-state index < -0.39 is 38.2 Å². The van der Waals surface area contributed by atoms with Crippen molar-refractivity contribution in [1.29, 1.82) is 0 Å². The van der Waals surface area contributed by atoms with E-state index in [1.54, 1.807) is 0 Å². The van der Waals surface area contributed by atoms with Gasteiger partial charge in [0.15, 0.2) is 0 Å². The van der Waals surface area contributed by atoms with Crippen LogP contribution in [-0.4, -0.2) is 15.6 Å². The maximum Gasteiger partial charge on any atom is 0.379 e. The van der Waals surface area contributed by atoms with Gasteiger partial charge in [0.05, 0.1) is 0 Å². The average Bonchev–Trinajstić information content (AvgIpc) is 2.17. The van der Waals surface area contributed by atoms with E-state index in [9.17, 15) is 13.6 Å². The lowest BCUT2D eigenvalue weighted by Crippen LogP contribution is -2.25. The van der Waals surface area contributed by atoms with E-state index in [2.05, 4.69) is 4.51 Å². The summed E-state index contributed by atoms with van der Waals surface area (Å²) in [5.41, 5.74) is -0.494. The van der Waals surface area contributed by atoms with Crippen molar-refractivity contribution in [2.45, 2.75) is 5.92 Å². The van der Waals surface area contributed by atoms with Crippen LogP contribution in [-0.2, 0) is 10.7 Å². The number of carboxylic acid groups (broad SMARTS) is 1. The fourth-order valence-electron chi connectivity index (χ4n) is 0.872. The van der Waals surface area contributed by atoms with Crippen LogP contribution in [0.4, 0.5) is 8.78 Å². The molecule has 0 saturated heterocycles. The summed E-state index contributed by atoms with van der Waals surface area (Å²) in [7, 11) is 0. The van der Waals surface area contributed by atoms with Crippen molar-refractivity contribution in [3.05, 3.63) is 33.4 Å².